The van der Waals surface area contributed by atoms with Gasteiger partial charge in [-0.2, -0.15) is 5.10 Å². The molecule has 0 N–H and O–H groups in total. The first kappa shape index (κ1) is 24.8. The molecule has 1 saturated carbocycles. The summed E-state index contributed by atoms with van der Waals surface area (Å²) in [7, 11) is 1.61. The average molecular weight is 520 g/mol. The second kappa shape index (κ2) is 10.6. The topological polar surface area (TPSA) is 56.6 Å². The number of carbonyl (C=O) groups excluding carboxylic acids is 1. The van der Waals surface area contributed by atoms with Crippen LogP contribution < -0.4 is 9.47 Å². The fourth-order valence-corrected chi connectivity index (χ4v) is 4.37. The fourth-order valence-electron chi connectivity index (χ4n) is 4.19. The van der Waals surface area contributed by atoms with E-state index in [0.29, 0.717) is 40.4 Å². The number of amides is 1. The molecular formula is C29H27ClFN3O3. The van der Waals surface area contributed by atoms with Gasteiger partial charge in [-0.15, -0.1) is 0 Å². The molecule has 1 amide bonds. The Bertz CT molecular complexity index is 1420. The molecule has 1 aromatic heterocycles. The van der Waals surface area contributed by atoms with E-state index in [2.05, 4.69) is 0 Å². The Kier molecular flexibility index (Phi) is 7.15. The van der Waals surface area contributed by atoms with Crippen LogP contribution in [-0.4, -0.2) is 34.2 Å². The minimum absolute atomic E-state index is 0.225. The van der Waals surface area contributed by atoms with Crippen molar-refractivity contribution in [3.05, 3.63) is 100 Å². The van der Waals surface area contributed by atoms with E-state index in [-0.39, 0.29) is 12.5 Å². The zero-order chi connectivity index (χ0) is 25.9. The van der Waals surface area contributed by atoms with Crippen molar-refractivity contribution >= 4 is 17.5 Å². The van der Waals surface area contributed by atoms with Gasteiger partial charge in [0.15, 0.2) is 0 Å². The van der Waals surface area contributed by atoms with Crippen LogP contribution in [-0.2, 0) is 6.54 Å². The van der Waals surface area contributed by atoms with Gasteiger partial charge in [0.2, 0.25) is 5.88 Å². The Labute approximate surface area is 220 Å². The van der Waals surface area contributed by atoms with Crippen LogP contribution in [0.5, 0.6) is 17.4 Å². The lowest BCUT2D eigenvalue weighted by Gasteiger charge is -2.23. The van der Waals surface area contributed by atoms with E-state index >= 15 is 0 Å². The van der Waals surface area contributed by atoms with E-state index in [0.717, 1.165) is 29.8 Å². The van der Waals surface area contributed by atoms with Gasteiger partial charge in [0.25, 0.3) is 5.91 Å². The number of benzene rings is 3. The van der Waals surface area contributed by atoms with E-state index in [1.807, 2.05) is 43.3 Å². The molecule has 0 aliphatic heterocycles. The molecule has 190 valence electrons. The highest BCUT2D eigenvalue weighted by Gasteiger charge is 2.30. The largest absolute Gasteiger partial charge is 0.497 e. The first-order valence-corrected chi connectivity index (χ1v) is 12.5. The minimum Gasteiger partial charge on any atom is -0.497 e. The SMILES string of the molecule is COc1ccc(Oc2c(CN(CC3CC3)C(=O)c3cccc(F)c3)c(C)nn2-c2cccc(Cl)c2)cc1. The maximum Gasteiger partial charge on any atom is 0.254 e. The van der Waals surface area contributed by atoms with Gasteiger partial charge < -0.3 is 14.4 Å². The van der Waals surface area contributed by atoms with Crippen molar-refractivity contribution in [1.29, 1.82) is 0 Å². The smallest absolute Gasteiger partial charge is 0.254 e. The number of aromatic nitrogens is 2. The van der Waals surface area contributed by atoms with Gasteiger partial charge >= 0.3 is 0 Å². The Morgan fingerprint density at radius 3 is 2.49 bits per heavy atom. The van der Waals surface area contributed by atoms with Crippen molar-refractivity contribution in [2.45, 2.75) is 26.3 Å². The number of rotatable bonds is 9. The number of hydrogen-bond acceptors (Lipinski definition) is 4. The number of nitrogens with zero attached hydrogens (tertiary/aromatic N) is 3. The predicted octanol–water partition coefficient (Wildman–Crippen LogP) is 6.83. The van der Waals surface area contributed by atoms with E-state index in [9.17, 15) is 9.18 Å². The van der Waals surface area contributed by atoms with Crippen LogP contribution in [0.1, 0.15) is 34.5 Å². The lowest BCUT2D eigenvalue weighted by Crippen LogP contribution is -2.32. The lowest BCUT2D eigenvalue weighted by molar-refractivity contribution is 0.0733. The highest BCUT2D eigenvalue weighted by Crippen LogP contribution is 2.35. The van der Waals surface area contributed by atoms with Gasteiger partial charge in [-0.25, -0.2) is 9.07 Å². The molecule has 0 atom stereocenters. The van der Waals surface area contributed by atoms with Crippen molar-refractivity contribution in [1.82, 2.24) is 14.7 Å². The minimum atomic E-state index is -0.439. The van der Waals surface area contributed by atoms with Crippen LogP contribution in [0, 0.1) is 18.7 Å². The number of aryl methyl sites for hydroxylation is 1. The Hall–Kier alpha value is -3.84. The van der Waals surface area contributed by atoms with E-state index in [1.165, 1.54) is 12.1 Å². The molecule has 0 spiro atoms. The van der Waals surface area contributed by atoms with Gasteiger partial charge in [-0.3, -0.25) is 4.79 Å². The van der Waals surface area contributed by atoms with Gasteiger partial charge in [0.05, 0.1) is 30.6 Å². The van der Waals surface area contributed by atoms with Crippen LogP contribution in [0.3, 0.4) is 0 Å². The third-order valence-corrected chi connectivity index (χ3v) is 6.58. The number of halogens is 2. The second-order valence-corrected chi connectivity index (χ2v) is 9.61. The number of methoxy groups -OCH3 is 1. The molecule has 1 aliphatic carbocycles. The third-order valence-electron chi connectivity index (χ3n) is 6.35. The molecule has 1 aliphatic rings. The third kappa shape index (κ3) is 5.78. The molecule has 3 aromatic carbocycles. The highest BCUT2D eigenvalue weighted by molar-refractivity contribution is 6.30. The molecule has 1 fully saturated rings. The maximum absolute atomic E-state index is 13.9. The quantitative estimate of drug-likeness (QED) is 0.243. The van der Waals surface area contributed by atoms with Crippen LogP contribution in [0.25, 0.3) is 5.69 Å². The standard InChI is InChI=1S/C29H27ClFN3O3/c1-19-27(18-33(17-20-9-10-20)28(35)21-5-3-7-23(31)15-21)29(37-26-13-11-25(36-2)12-14-26)34(32-19)24-8-4-6-22(30)16-24/h3-8,11-16,20H,9-10,17-18H2,1-2H3. The molecule has 4 aromatic rings. The summed E-state index contributed by atoms with van der Waals surface area (Å²) in [5.41, 5.74) is 2.53. The van der Waals surface area contributed by atoms with Crippen molar-refractivity contribution in [3.8, 4) is 23.1 Å². The summed E-state index contributed by atoms with van der Waals surface area (Å²) in [6, 6.07) is 20.4. The average Bonchev–Trinajstić information content (AvgIpc) is 3.67. The summed E-state index contributed by atoms with van der Waals surface area (Å²) >= 11 is 6.28. The van der Waals surface area contributed by atoms with Crippen LogP contribution in [0.2, 0.25) is 5.02 Å². The second-order valence-electron chi connectivity index (χ2n) is 9.18. The predicted molar refractivity (Wildman–Crippen MR) is 140 cm³/mol. The van der Waals surface area contributed by atoms with Crippen molar-refractivity contribution in [2.24, 2.45) is 5.92 Å². The number of ether oxygens (including phenoxy) is 2. The Morgan fingerprint density at radius 2 is 1.81 bits per heavy atom. The van der Waals surface area contributed by atoms with Gasteiger partial charge in [0.1, 0.15) is 17.3 Å². The van der Waals surface area contributed by atoms with E-state index in [4.69, 9.17) is 26.2 Å². The van der Waals surface area contributed by atoms with E-state index in [1.54, 1.807) is 41.0 Å². The first-order valence-electron chi connectivity index (χ1n) is 12.1. The lowest BCUT2D eigenvalue weighted by atomic mass is 10.1. The number of hydrogen-bond donors (Lipinski definition) is 0. The van der Waals surface area contributed by atoms with Crippen molar-refractivity contribution in [3.63, 3.8) is 0 Å². The molecule has 0 saturated heterocycles. The van der Waals surface area contributed by atoms with Crippen LogP contribution >= 0.6 is 11.6 Å². The van der Waals surface area contributed by atoms with Crippen LogP contribution in [0.4, 0.5) is 4.39 Å². The van der Waals surface area contributed by atoms with Gasteiger partial charge in [-0.1, -0.05) is 23.7 Å². The van der Waals surface area contributed by atoms with E-state index < -0.39 is 5.82 Å². The molecule has 0 unspecified atom stereocenters. The molecule has 6 nitrogen and oxygen atoms in total. The first-order chi connectivity index (χ1) is 17.9. The zero-order valence-corrected chi connectivity index (χ0v) is 21.4. The molecule has 5 rings (SSSR count). The van der Waals surface area contributed by atoms with Crippen molar-refractivity contribution < 1.29 is 18.7 Å². The summed E-state index contributed by atoms with van der Waals surface area (Å²) < 4.78 is 27.3. The van der Waals surface area contributed by atoms with Crippen molar-refractivity contribution in [2.75, 3.05) is 13.7 Å². The Balaban J connectivity index is 1.55. The number of carbonyl (C=O) groups is 1. The molecule has 37 heavy (non-hydrogen) atoms. The molecule has 0 bridgehead atoms. The summed E-state index contributed by atoms with van der Waals surface area (Å²) in [4.78, 5) is 15.3. The zero-order valence-electron chi connectivity index (χ0n) is 20.7. The summed E-state index contributed by atoms with van der Waals surface area (Å²) in [6.45, 7) is 2.74. The fraction of sp³-hybridized carbons (Fsp3) is 0.241. The molecule has 8 heteroatoms. The molecule has 1 heterocycles. The normalized spacial score (nSPS) is 12.9. The molecular weight excluding hydrogens is 493 g/mol. The maximum atomic E-state index is 13.9. The Morgan fingerprint density at radius 1 is 1.08 bits per heavy atom. The van der Waals surface area contributed by atoms with Gasteiger partial charge in [0, 0.05) is 17.1 Å². The summed E-state index contributed by atoms with van der Waals surface area (Å²) in [5, 5.41) is 5.32. The highest BCUT2D eigenvalue weighted by atomic mass is 35.5. The molecule has 0 radical (unpaired) electrons. The summed E-state index contributed by atoms with van der Waals surface area (Å²) in [5.74, 6) is 1.56. The van der Waals surface area contributed by atoms with Crippen LogP contribution in [0.15, 0.2) is 72.8 Å². The monoisotopic (exact) mass is 519 g/mol. The summed E-state index contributed by atoms with van der Waals surface area (Å²) in [6.07, 6.45) is 2.14. The van der Waals surface area contributed by atoms with Gasteiger partial charge in [-0.05, 0) is 86.3 Å².